The van der Waals surface area contributed by atoms with Crippen LogP contribution in [0, 0.1) is 0 Å². The van der Waals surface area contributed by atoms with Crippen molar-refractivity contribution < 1.29 is 27.5 Å². The molecule has 8 heteroatoms. The van der Waals surface area contributed by atoms with Gasteiger partial charge in [-0.05, 0) is 49.2 Å². The van der Waals surface area contributed by atoms with Crippen molar-refractivity contribution >= 4 is 38.9 Å². The summed E-state index contributed by atoms with van der Waals surface area (Å²) in [6.07, 6.45) is 0. The summed E-state index contributed by atoms with van der Waals surface area (Å²) in [4.78, 5) is 25.2. The van der Waals surface area contributed by atoms with Crippen molar-refractivity contribution in [1.29, 1.82) is 0 Å². The molecule has 0 saturated carbocycles. The molecular formula is C21H21ClO6S. The highest BCUT2D eigenvalue weighted by Crippen LogP contribution is 2.27. The Hall–Kier alpha value is -2.64. The minimum Gasteiger partial charge on any atom is -0.462 e. The fourth-order valence-electron chi connectivity index (χ4n) is 2.59. The van der Waals surface area contributed by atoms with E-state index in [0.29, 0.717) is 10.6 Å². The highest BCUT2D eigenvalue weighted by molar-refractivity contribution is 7.91. The molecule has 2 aromatic carbocycles. The molecule has 0 aliphatic carbocycles. The summed E-state index contributed by atoms with van der Waals surface area (Å²) in [5, 5.41) is 0.424. The highest BCUT2D eigenvalue weighted by Gasteiger charge is 2.30. The molecule has 0 atom stereocenters. The maximum Gasteiger partial charge on any atom is 0.345 e. The summed E-state index contributed by atoms with van der Waals surface area (Å²) in [6.45, 7) is 3.20. The molecule has 0 fully saturated rings. The Bertz CT molecular complexity index is 975. The standard InChI is InChI=1S/C21H21ClO6S/c1-3-27-20(23)19(21(24)28-4-2)18(15-10-12-16(22)13-11-15)14-29(25,26)17-8-6-5-7-9-17/h5-13H,3-4,14H2,1-2H3. The Morgan fingerprint density at radius 3 is 1.86 bits per heavy atom. The van der Waals surface area contributed by atoms with Crippen LogP contribution in [-0.2, 0) is 28.9 Å². The summed E-state index contributed by atoms with van der Waals surface area (Å²) in [6, 6.07) is 13.9. The fraction of sp³-hybridized carbons (Fsp3) is 0.238. The van der Waals surface area contributed by atoms with Gasteiger partial charge < -0.3 is 9.47 Å². The van der Waals surface area contributed by atoms with Crippen LogP contribution in [0.1, 0.15) is 19.4 Å². The Labute approximate surface area is 175 Å². The largest absolute Gasteiger partial charge is 0.462 e. The smallest absolute Gasteiger partial charge is 0.345 e. The van der Waals surface area contributed by atoms with Gasteiger partial charge >= 0.3 is 11.9 Å². The maximum absolute atomic E-state index is 13.0. The normalized spacial score (nSPS) is 10.9. The third kappa shape index (κ3) is 5.92. The van der Waals surface area contributed by atoms with Crippen molar-refractivity contribution in [2.45, 2.75) is 18.7 Å². The highest BCUT2D eigenvalue weighted by atomic mass is 35.5. The van der Waals surface area contributed by atoms with Crippen LogP contribution >= 0.6 is 11.6 Å². The summed E-state index contributed by atoms with van der Waals surface area (Å²) in [5.74, 6) is -2.48. The number of sulfone groups is 1. The second kappa shape index (κ2) is 10.2. The average molecular weight is 437 g/mol. The van der Waals surface area contributed by atoms with Crippen LogP contribution in [0.2, 0.25) is 5.02 Å². The van der Waals surface area contributed by atoms with Crippen LogP contribution in [0.5, 0.6) is 0 Å². The van der Waals surface area contributed by atoms with Gasteiger partial charge in [0.15, 0.2) is 9.84 Å². The van der Waals surface area contributed by atoms with Crippen LogP contribution in [0.15, 0.2) is 65.1 Å². The van der Waals surface area contributed by atoms with Gasteiger partial charge in [0.1, 0.15) is 5.57 Å². The lowest BCUT2D eigenvalue weighted by molar-refractivity contribution is -0.146. The molecule has 29 heavy (non-hydrogen) atoms. The van der Waals surface area contributed by atoms with Crippen LogP contribution in [-0.4, -0.2) is 39.3 Å². The number of hydrogen-bond acceptors (Lipinski definition) is 6. The Morgan fingerprint density at radius 1 is 0.862 bits per heavy atom. The first kappa shape index (κ1) is 22.6. The molecule has 0 heterocycles. The lowest BCUT2D eigenvalue weighted by Gasteiger charge is -2.15. The molecule has 0 saturated heterocycles. The van der Waals surface area contributed by atoms with Gasteiger partial charge in [0, 0.05) is 5.02 Å². The summed E-state index contributed by atoms with van der Waals surface area (Å²) in [7, 11) is -3.87. The lowest BCUT2D eigenvalue weighted by atomic mass is 10.0. The molecule has 0 amide bonds. The van der Waals surface area contributed by atoms with Crippen molar-refractivity contribution in [3.05, 3.63) is 70.8 Å². The van der Waals surface area contributed by atoms with Gasteiger partial charge in [-0.1, -0.05) is 41.9 Å². The number of rotatable bonds is 8. The minimum atomic E-state index is -3.87. The first-order valence-corrected chi connectivity index (χ1v) is 10.9. The lowest BCUT2D eigenvalue weighted by Crippen LogP contribution is -2.23. The topological polar surface area (TPSA) is 86.7 Å². The molecule has 0 spiro atoms. The average Bonchev–Trinajstić information content (AvgIpc) is 2.69. The van der Waals surface area contributed by atoms with E-state index in [1.807, 2.05) is 0 Å². The van der Waals surface area contributed by atoms with Crippen LogP contribution in [0.25, 0.3) is 5.57 Å². The van der Waals surface area contributed by atoms with E-state index in [2.05, 4.69) is 0 Å². The van der Waals surface area contributed by atoms with Crippen molar-refractivity contribution in [1.82, 2.24) is 0 Å². The van der Waals surface area contributed by atoms with Crippen LogP contribution in [0.4, 0.5) is 0 Å². The third-order valence-corrected chi connectivity index (χ3v) is 5.80. The third-order valence-electron chi connectivity index (χ3n) is 3.89. The van der Waals surface area contributed by atoms with E-state index in [1.165, 1.54) is 24.3 Å². The number of carbonyl (C=O) groups excluding carboxylic acids is 2. The molecule has 6 nitrogen and oxygen atoms in total. The van der Waals surface area contributed by atoms with Crippen molar-refractivity contribution in [2.75, 3.05) is 19.0 Å². The van der Waals surface area contributed by atoms with E-state index < -0.39 is 33.1 Å². The van der Waals surface area contributed by atoms with Gasteiger partial charge in [-0.2, -0.15) is 0 Å². The monoisotopic (exact) mass is 436 g/mol. The van der Waals surface area contributed by atoms with E-state index in [4.69, 9.17) is 21.1 Å². The minimum absolute atomic E-state index is 0.0116. The molecule has 0 N–H and O–H groups in total. The molecule has 0 unspecified atom stereocenters. The number of esters is 2. The number of carbonyl (C=O) groups is 2. The molecule has 0 aliphatic rings. The summed E-state index contributed by atoms with van der Waals surface area (Å²) >= 11 is 5.93. The van der Waals surface area contributed by atoms with Gasteiger partial charge in [-0.25, -0.2) is 18.0 Å². The van der Waals surface area contributed by atoms with E-state index in [0.717, 1.165) is 0 Å². The zero-order valence-corrected chi connectivity index (χ0v) is 17.6. The first-order chi connectivity index (χ1) is 13.8. The van der Waals surface area contributed by atoms with Gasteiger partial charge in [0.2, 0.25) is 0 Å². The van der Waals surface area contributed by atoms with Gasteiger partial charge in [-0.15, -0.1) is 0 Å². The van der Waals surface area contributed by atoms with Crippen molar-refractivity contribution in [3.8, 4) is 0 Å². The van der Waals surface area contributed by atoms with Gasteiger partial charge in [0.25, 0.3) is 0 Å². The maximum atomic E-state index is 13.0. The molecule has 0 aromatic heterocycles. The first-order valence-electron chi connectivity index (χ1n) is 8.91. The Balaban J connectivity index is 2.69. The number of benzene rings is 2. The molecule has 0 aliphatic heterocycles. The molecule has 2 aromatic rings. The SMILES string of the molecule is CCOC(=O)C(C(=O)OCC)=C(CS(=O)(=O)c1ccccc1)c1ccc(Cl)cc1. The Kier molecular flexibility index (Phi) is 7.99. The second-order valence-electron chi connectivity index (χ2n) is 5.87. The van der Waals surface area contributed by atoms with E-state index in [9.17, 15) is 18.0 Å². The van der Waals surface area contributed by atoms with E-state index in [1.54, 1.807) is 44.2 Å². The predicted molar refractivity (Wildman–Crippen MR) is 110 cm³/mol. The molecular weight excluding hydrogens is 416 g/mol. The number of hydrogen-bond donors (Lipinski definition) is 0. The molecule has 154 valence electrons. The Morgan fingerprint density at radius 2 is 1.38 bits per heavy atom. The second-order valence-corrected chi connectivity index (χ2v) is 8.30. The molecule has 0 radical (unpaired) electrons. The molecule has 0 bridgehead atoms. The quantitative estimate of drug-likeness (QED) is 0.271. The number of ether oxygens (including phenoxy) is 2. The van der Waals surface area contributed by atoms with Crippen molar-refractivity contribution in [2.24, 2.45) is 0 Å². The van der Waals surface area contributed by atoms with Gasteiger partial charge in [-0.3, -0.25) is 0 Å². The predicted octanol–water partition coefficient (Wildman–Crippen LogP) is 3.69. The van der Waals surface area contributed by atoms with Crippen LogP contribution < -0.4 is 0 Å². The number of halogens is 1. The summed E-state index contributed by atoms with van der Waals surface area (Å²) < 4.78 is 36.0. The fourth-order valence-corrected chi connectivity index (χ4v) is 4.14. The van der Waals surface area contributed by atoms with Gasteiger partial charge in [0.05, 0.1) is 23.9 Å². The summed E-state index contributed by atoms with van der Waals surface area (Å²) in [5.41, 5.74) is -0.108. The zero-order chi connectivity index (χ0) is 21.4. The zero-order valence-electron chi connectivity index (χ0n) is 16.1. The van der Waals surface area contributed by atoms with E-state index in [-0.39, 0.29) is 23.7 Å². The molecule has 2 rings (SSSR count). The van der Waals surface area contributed by atoms with E-state index >= 15 is 0 Å². The van der Waals surface area contributed by atoms with Crippen molar-refractivity contribution in [3.63, 3.8) is 0 Å². The van der Waals surface area contributed by atoms with Crippen LogP contribution in [0.3, 0.4) is 0 Å².